The summed E-state index contributed by atoms with van der Waals surface area (Å²) in [5, 5.41) is 7.14. The van der Waals surface area contributed by atoms with E-state index >= 15 is 0 Å². The van der Waals surface area contributed by atoms with Crippen LogP contribution in [0.4, 0.5) is 0 Å². The highest BCUT2D eigenvalue weighted by molar-refractivity contribution is 6.23. The Balaban J connectivity index is 0.797. The van der Waals surface area contributed by atoms with E-state index in [0.29, 0.717) is 0 Å². The molecule has 63 heavy (non-hydrogen) atoms. The molecular formula is C60H38N2O. The van der Waals surface area contributed by atoms with E-state index in [1.807, 2.05) is 6.07 Å². The highest BCUT2D eigenvalue weighted by Crippen LogP contribution is 2.41. The van der Waals surface area contributed by atoms with Gasteiger partial charge >= 0.3 is 0 Å². The molecule has 0 spiro atoms. The van der Waals surface area contributed by atoms with Crippen molar-refractivity contribution < 1.29 is 4.42 Å². The van der Waals surface area contributed by atoms with Crippen molar-refractivity contribution in [3.8, 4) is 55.9 Å². The zero-order chi connectivity index (χ0) is 41.4. The van der Waals surface area contributed by atoms with Gasteiger partial charge in [-0.25, -0.2) is 0 Å². The number of hydrogen-bond donors (Lipinski definition) is 0. The first-order valence-corrected chi connectivity index (χ1v) is 21.6. The maximum absolute atomic E-state index is 6.51. The maximum atomic E-state index is 6.51. The molecule has 0 atom stereocenters. The molecule has 0 saturated heterocycles. The SMILES string of the molecule is c1ccc(-c2cccc(-c3ccc4c(c3)c3ccccc3n4-c3ccc(-c4ccc(-c5ccc(-n6c7ccccc7c7c8oc9ccccc9c8ccc76)cc5)cc4)cc3)c2)cc1. The summed E-state index contributed by atoms with van der Waals surface area (Å²) in [4.78, 5) is 0. The van der Waals surface area contributed by atoms with E-state index in [2.05, 4.69) is 234 Å². The molecule has 3 heteroatoms. The lowest BCUT2D eigenvalue weighted by molar-refractivity contribution is 0.673. The minimum Gasteiger partial charge on any atom is -0.455 e. The van der Waals surface area contributed by atoms with E-state index in [4.69, 9.17) is 4.42 Å². The predicted molar refractivity (Wildman–Crippen MR) is 264 cm³/mol. The lowest BCUT2D eigenvalue weighted by atomic mass is 9.98. The van der Waals surface area contributed by atoms with E-state index in [-0.39, 0.29) is 0 Å². The first-order chi connectivity index (χ1) is 31.2. The third-order valence-corrected chi connectivity index (χ3v) is 13.0. The van der Waals surface area contributed by atoms with Crippen LogP contribution in [-0.4, -0.2) is 9.13 Å². The Bertz CT molecular complexity index is 3870. The van der Waals surface area contributed by atoms with Gasteiger partial charge in [-0.05, 0) is 117 Å². The first-order valence-electron chi connectivity index (χ1n) is 21.6. The molecule has 0 bridgehead atoms. The molecule has 13 rings (SSSR count). The summed E-state index contributed by atoms with van der Waals surface area (Å²) in [6.45, 7) is 0. The lowest BCUT2D eigenvalue weighted by Crippen LogP contribution is -1.94. The third-order valence-electron chi connectivity index (χ3n) is 13.0. The molecule has 0 fully saturated rings. The van der Waals surface area contributed by atoms with E-state index in [1.54, 1.807) is 0 Å². The van der Waals surface area contributed by atoms with Crippen LogP contribution in [0.15, 0.2) is 235 Å². The van der Waals surface area contributed by atoms with Crippen LogP contribution in [0.25, 0.3) is 121 Å². The smallest absolute Gasteiger partial charge is 0.145 e. The fraction of sp³-hybridized carbons (Fsp3) is 0. The van der Waals surface area contributed by atoms with E-state index in [9.17, 15) is 0 Å². The molecule has 0 aliphatic heterocycles. The fourth-order valence-electron chi connectivity index (χ4n) is 9.91. The molecule has 13 aromatic rings. The van der Waals surface area contributed by atoms with Crippen molar-refractivity contribution >= 4 is 65.6 Å². The van der Waals surface area contributed by atoms with Crippen molar-refractivity contribution in [1.29, 1.82) is 0 Å². The molecule has 0 aliphatic carbocycles. The van der Waals surface area contributed by atoms with Gasteiger partial charge in [0.25, 0.3) is 0 Å². The maximum Gasteiger partial charge on any atom is 0.145 e. The van der Waals surface area contributed by atoms with Gasteiger partial charge in [-0.3, -0.25) is 0 Å². The topological polar surface area (TPSA) is 23.0 Å². The molecule has 3 aromatic heterocycles. The number of benzene rings is 10. The Morgan fingerprint density at radius 2 is 0.698 bits per heavy atom. The molecule has 0 N–H and O–H groups in total. The molecule has 0 saturated carbocycles. The second-order valence-corrected chi connectivity index (χ2v) is 16.5. The number of furan rings is 1. The second kappa shape index (κ2) is 14.1. The normalized spacial score (nSPS) is 11.8. The van der Waals surface area contributed by atoms with Crippen LogP contribution >= 0.6 is 0 Å². The molecule has 0 amide bonds. The minimum absolute atomic E-state index is 0.917. The Morgan fingerprint density at radius 3 is 1.38 bits per heavy atom. The summed E-state index contributed by atoms with van der Waals surface area (Å²) >= 11 is 0. The Hall–Kier alpha value is -8.40. The molecular weight excluding hydrogens is 765 g/mol. The fourth-order valence-corrected chi connectivity index (χ4v) is 9.91. The van der Waals surface area contributed by atoms with Gasteiger partial charge < -0.3 is 13.6 Å². The summed E-state index contributed by atoms with van der Waals surface area (Å²) in [6, 6.07) is 83.3. The van der Waals surface area contributed by atoms with Gasteiger partial charge in [0.15, 0.2) is 0 Å². The average Bonchev–Trinajstić information content (AvgIpc) is 4.02. The van der Waals surface area contributed by atoms with Gasteiger partial charge in [-0.1, -0.05) is 158 Å². The standard InChI is InChI=1S/C60H38N2O/c1-2-11-39(12-3-1)44-13-10-14-45(37-44)46-29-35-56-53(38-46)49-15-4-7-18-54(49)61(56)47-30-25-42(26-31-47)40-21-23-41(24-22-40)43-27-32-48(33-28-43)62-55-19-8-5-17-52(55)59-57(62)36-34-51-50-16-6-9-20-58(50)63-60(51)59/h1-38H. The Morgan fingerprint density at radius 1 is 0.254 bits per heavy atom. The molecule has 3 nitrogen and oxygen atoms in total. The van der Waals surface area contributed by atoms with Crippen molar-refractivity contribution in [3.63, 3.8) is 0 Å². The van der Waals surface area contributed by atoms with Gasteiger partial charge in [-0.2, -0.15) is 0 Å². The van der Waals surface area contributed by atoms with Crippen LogP contribution < -0.4 is 0 Å². The van der Waals surface area contributed by atoms with Crippen LogP contribution in [0.1, 0.15) is 0 Å². The highest BCUT2D eigenvalue weighted by Gasteiger charge is 2.19. The first kappa shape index (κ1) is 35.4. The largest absolute Gasteiger partial charge is 0.455 e. The molecule has 0 unspecified atom stereocenters. The zero-order valence-electron chi connectivity index (χ0n) is 34.2. The minimum atomic E-state index is 0.917. The number of aromatic nitrogens is 2. The van der Waals surface area contributed by atoms with Crippen LogP contribution in [0.2, 0.25) is 0 Å². The van der Waals surface area contributed by atoms with Crippen molar-refractivity contribution in [2.45, 2.75) is 0 Å². The van der Waals surface area contributed by atoms with Gasteiger partial charge in [-0.15, -0.1) is 0 Å². The molecule has 294 valence electrons. The van der Waals surface area contributed by atoms with E-state index in [0.717, 1.165) is 49.7 Å². The van der Waals surface area contributed by atoms with Gasteiger partial charge in [0, 0.05) is 38.3 Å². The Labute approximate surface area is 363 Å². The average molecular weight is 803 g/mol. The number of para-hydroxylation sites is 3. The van der Waals surface area contributed by atoms with Gasteiger partial charge in [0.2, 0.25) is 0 Å². The van der Waals surface area contributed by atoms with Gasteiger partial charge in [0.05, 0.1) is 27.5 Å². The summed E-state index contributed by atoms with van der Waals surface area (Å²) in [6.07, 6.45) is 0. The van der Waals surface area contributed by atoms with Crippen molar-refractivity contribution in [2.24, 2.45) is 0 Å². The molecule has 10 aromatic carbocycles. The number of hydrogen-bond acceptors (Lipinski definition) is 1. The number of nitrogens with zero attached hydrogens (tertiary/aromatic N) is 2. The zero-order valence-corrected chi connectivity index (χ0v) is 34.2. The molecule has 3 heterocycles. The van der Waals surface area contributed by atoms with Crippen molar-refractivity contribution in [3.05, 3.63) is 231 Å². The van der Waals surface area contributed by atoms with Crippen LogP contribution in [0.5, 0.6) is 0 Å². The summed E-state index contributed by atoms with van der Waals surface area (Å²) < 4.78 is 11.3. The van der Waals surface area contributed by atoms with Crippen LogP contribution in [-0.2, 0) is 0 Å². The summed E-state index contributed by atoms with van der Waals surface area (Å²) in [5.41, 5.74) is 18.4. The molecule has 0 aliphatic rings. The van der Waals surface area contributed by atoms with E-state index in [1.165, 1.54) is 71.7 Å². The summed E-state index contributed by atoms with van der Waals surface area (Å²) in [5.74, 6) is 0. The van der Waals surface area contributed by atoms with Gasteiger partial charge in [0.1, 0.15) is 11.2 Å². The summed E-state index contributed by atoms with van der Waals surface area (Å²) in [7, 11) is 0. The predicted octanol–water partition coefficient (Wildman–Crippen LogP) is 16.4. The lowest BCUT2D eigenvalue weighted by Gasteiger charge is -2.11. The quantitative estimate of drug-likeness (QED) is 0.164. The molecule has 0 radical (unpaired) electrons. The third kappa shape index (κ3) is 5.67. The van der Waals surface area contributed by atoms with Crippen molar-refractivity contribution in [1.82, 2.24) is 9.13 Å². The van der Waals surface area contributed by atoms with E-state index < -0.39 is 0 Å². The van der Waals surface area contributed by atoms with Crippen LogP contribution in [0, 0.1) is 0 Å². The number of rotatable bonds is 6. The Kier molecular flexibility index (Phi) is 7.91. The monoisotopic (exact) mass is 802 g/mol. The van der Waals surface area contributed by atoms with Crippen LogP contribution in [0.3, 0.4) is 0 Å². The number of fused-ring (bicyclic) bond motifs is 10. The second-order valence-electron chi connectivity index (χ2n) is 16.5. The van der Waals surface area contributed by atoms with Crippen molar-refractivity contribution in [2.75, 3.05) is 0 Å². The highest BCUT2D eigenvalue weighted by atomic mass is 16.3.